The van der Waals surface area contributed by atoms with Crippen LogP contribution >= 0.6 is 0 Å². The van der Waals surface area contributed by atoms with Gasteiger partial charge in [-0.05, 0) is 30.2 Å². The molecular weight excluding hydrogens is 392 g/mol. The fraction of sp³-hybridized carbons (Fsp3) is 0.350. The standard InChI is InChI=1S/C20H24N4O4S/c1-28-18-9-13(24-29(2,26)27)7-8-16(18)23-19(25)17-10-20(12-22-17)11-21-15-6-4-3-5-14(15)20/h3-9,17,21-22,24H,10-12H2,1-2H3,(H,23,25). The van der Waals surface area contributed by atoms with Gasteiger partial charge in [-0.15, -0.1) is 0 Å². The van der Waals surface area contributed by atoms with E-state index < -0.39 is 10.0 Å². The number of carbonyl (C=O) groups excluding carboxylic acids is 1. The Hall–Kier alpha value is -2.78. The van der Waals surface area contributed by atoms with Crippen molar-refractivity contribution in [3.05, 3.63) is 48.0 Å². The monoisotopic (exact) mass is 416 g/mol. The molecule has 0 bridgehead atoms. The molecule has 4 N–H and O–H groups in total. The average Bonchev–Trinajstić information content (AvgIpc) is 3.27. The van der Waals surface area contributed by atoms with Gasteiger partial charge in [0.1, 0.15) is 5.75 Å². The summed E-state index contributed by atoms with van der Waals surface area (Å²) in [6.45, 7) is 1.53. The van der Waals surface area contributed by atoms with E-state index in [4.69, 9.17) is 4.74 Å². The zero-order valence-corrected chi connectivity index (χ0v) is 17.1. The number of ether oxygens (including phenoxy) is 1. The average molecular weight is 417 g/mol. The van der Waals surface area contributed by atoms with Crippen molar-refractivity contribution in [3.63, 3.8) is 0 Å². The Balaban J connectivity index is 1.48. The quantitative estimate of drug-likeness (QED) is 0.591. The Kier molecular flexibility index (Phi) is 4.87. The van der Waals surface area contributed by atoms with Gasteiger partial charge in [0, 0.05) is 30.3 Å². The van der Waals surface area contributed by atoms with Crippen molar-refractivity contribution in [2.45, 2.75) is 17.9 Å². The molecule has 2 aromatic carbocycles. The Morgan fingerprint density at radius 2 is 2.00 bits per heavy atom. The Labute approximate surface area is 170 Å². The van der Waals surface area contributed by atoms with Crippen molar-refractivity contribution < 1.29 is 17.9 Å². The van der Waals surface area contributed by atoms with Gasteiger partial charge in [-0.1, -0.05) is 18.2 Å². The van der Waals surface area contributed by atoms with Crippen molar-refractivity contribution in [1.82, 2.24) is 5.32 Å². The van der Waals surface area contributed by atoms with Gasteiger partial charge in [0.2, 0.25) is 15.9 Å². The first kappa shape index (κ1) is 19.5. The van der Waals surface area contributed by atoms with E-state index in [1.54, 1.807) is 12.1 Å². The highest BCUT2D eigenvalue weighted by Gasteiger charge is 2.46. The van der Waals surface area contributed by atoms with Crippen molar-refractivity contribution in [1.29, 1.82) is 0 Å². The maximum absolute atomic E-state index is 12.9. The van der Waals surface area contributed by atoms with Crippen LogP contribution in [-0.4, -0.2) is 46.8 Å². The summed E-state index contributed by atoms with van der Waals surface area (Å²) < 4.78 is 30.5. The number of anilines is 3. The number of methoxy groups -OCH3 is 1. The van der Waals surface area contributed by atoms with Crippen molar-refractivity contribution >= 4 is 33.0 Å². The van der Waals surface area contributed by atoms with Crippen LogP contribution in [0.3, 0.4) is 0 Å². The molecule has 1 fully saturated rings. The minimum atomic E-state index is -3.40. The summed E-state index contributed by atoms with van der Waals surface area (Å²) in [5.74, 6) is 0.237. The zero-order valence-electron chi connectivity index (χ0n) is 16.3. The summed E-state index contributed by atoms with van der Waals surface area (Å²) in [5, 5.41) is 9.68. The second-order valence-corrected chi connectivity index (χ2v) is 9.34. The van der Waals surface area contributed by atoms with E-state index in [0.717, 1.165) is 25.0 Å². The number of rotatable bonds is 5. The molecule has 2 aliphatic rings. The normalized spacial score (nSPS) is 22.8. The third-order valence-corrected chi connectivity index (χ3v) is 6.08. The molecule has 2 unspecified atom stereocenters. The largest absolute Gasteiger partial charge is 0.494 e. The molecule has 2 aromatic rings. The number of hydrogen-bond donors (Lipinski definition) is 4. The number of benzene rings is 2. The number of fused-ring (bicyclic) bond motifs is 2. The van der Waals surface area contributed by atoms with Gasteiger partial charge in [-0.25, -0.2) is 8.42 Å². The van der Waals surface area contributed by atoms with Crippen molar-refractivity contribution in [2.24, 2.45) is 0 Å². The van der Waals surface area contributed by atoms with Crippen LogP contribution < -0.4 is 25.4 Å². The molecule has 0 radical (unpaired) electrons. The molecule has 2 heterocycles. The molecule has 1 saturated heterocycles. The lowest BCUT2D eigenvalue weighted by molar-refractivity contribution is -0.117. The highest BCUT2D eigenvalue weighted by atomic mass is 32.2. The highest BCUT2D eigenvalue weighted by molar-refractivity contribution is 7.92. The lowest BCUT2D eigenvalue weighted by atomic mass is 9.80. The first-order chi connectivity index (χ1) is 13.8. The molecule has 0 aromatic heterocycles. The molecule has 9 heteroatoms. The molecule has 4 rings (SSSR count). The van der Waals surface area contributed by atoms with Crippen LogP contribution in [-0.2, 0) is 20.2 Å². The van der Waals surface area contributed by atoms with Crippen LogP contribution in [0.4, 0.5) is 17.1 Å². The van der Waals surface area contributed by atoms with Crippen LogP contribution in [0, 0.1) is 0 Å². The number of hydrogen-bond acceptors (Lipinski definition) is 6. The molecule has 0 saturated carbocycles. The van der Waals surface area contributed by atoms with Gasteiger partial charge in [-0.2, -0.15) is 0 Å². The van der Waals surface area contributed by atoms with Crippen molar-refractivity contribution in [2.75, 3.05) is 41.8 Å². The minimum Gasteiger partial charge on any atom is -0.494 e. The number of nitrogens with one attached hydrogen (secondary N) is 4. The van der Waals surface area contributed by atoms with E-state index in [0.29, 0.717) is 23.5 Å². The Morgan fingerprint density at radius 1 is 1.21 bits per heavy atom. The fourth-order valence-electron chi connectivity index (χ4n) is 4.13. The van der Waals surface area contributed by atoms with E-state index in [1.807, 2.05) is 12.1 Å². The molecule has 0 aliphatic carbocycles. The highest BCUT2D eigenvalue weighted by Crippen LogP contribution is 2.42. The molecule has 1 amide bonds. The summed E-state index contributed by atoms with van der Waals surface area (Å²) in [6.07, 6.45) is 1.77. The number of sulfonamides is 1. The summed E-state index contributed by atoms with van der Waals surface area (Å²) >= 11 is 0. The van der Waals surface area contributed by atoms with Crippen molar-refractivity contribution in [3.8, 4) is 5.75 Å². The summed E-state index contributed by atoms with van der Waals surface area (Å²) in [6, 6.07) is 12.6. The topological polar surface area (TPSA) is 109 Å². The van der Waals surface area contributed by atoms with Gasteiger partial charge < -0.3 is 20.7 Å². The molecule has 2 atom stereocenters. The van der Waals surface area contributed by atoms with Crippen LogP contribution in [0.15, 0.2) is 42.5 Å². The number of amides is 1. The van der Waals surface area contributed by atoms with Gasteiger partial charge >= 0.3 is 0 Å². The third-order valence-electron chi connectivity index (χ3n) is 5.48. The van der Waals surface area contributed by atoms with E-state index >= 15 is 0 Å². The number of para-hydroxylation sites is 1. The first-order valence-electron chi connectivity index (χ1n) is 9.33. The van der Waals surface area contributed by atoms with Gasteiger partial charge in [-0.3, -0.25) is 9.52 Å². The summed E-state index contributed by atoms with van der Waals surface area (Å²) in [5.41, 5.74) is 3.15. The second kappa shape index (κ2) is 7.23. The predicted octanol–water partition coefficient (Wildman–Crippen LogP) is 1.73. The van der Waals surface area contributed by atoms with Gasteiger partial charge in [0.05, 0.1) is 30.8 Å². The number of carbonyl (C=O) groups is 1. The maximum atomic E-state index is 12.9. The molecule has 1 spiro atoms. The van der Waals surface area contributed by atoms with Gasteiger partial charge in [0.15, 0.2) is 0 Å². The smallest absolute Gasteiger partial charge is 0.241 e. The van der Waals surface area contributed by atoms with E-state index in [2.05, 4.69) is 32.8 Å². The molecular formula is C20H24N4O4S. The minimum absolute atomic E-state index is 0.0913. The SMILES string of the molecule is COc1cc(NS(C)(=O)=O)ccc1NC(=O)C1CC2(CNc3ccccc32)CN1. The Morgan fingerprint density at radius 3 is 2.76 bits per heavy atom. The van der Waals surface area contributed by atoms with Crippen LogP contribution in [0.5, 0.6) is 5.75 Å². The van der Waals surface area contributed by atoms with Crippen LogP contribution in [0.25, 0.3) is 0 Å². The zero-order chi connectivity index (χ0) is 20.6. The fourth-order valence-corrected chi connectivity index (χ4v) is 4.69. The van der Waals surface area contributed by atoms with E-state index in [9.17, 15) is 13.2 Å². The third kappa shape index (κ3) is 3.88. The molecule has 2 aliphatic heterocycles. The van der Waals surface area contributed by atoms with Gasteiger partial charge in [0.25, 0.3) is 0 Å². The summed E-state index contributed by atoms with van der Waals surface area (Å²) in [7, 11) is -1.93. The first-order valence-corrected chi connectivity index (χ1v) is 11.2. The Bertz CT molecular complexity index is 1060. The van der Waals surface area contributed by atoms with E-state index in [-0.39, 0.29) is 17.4 Å². The van der Waals surface area contributed by atoms with Crippen LogP contribution in [0.1, 0.15) is 12.0 Å². The second-order valence-electron chi connectivity index (χ2n) is 7.60. The molecule has 8 nitrogen and oxygen atoms in total. The molecule has 29 heavy (non-hydrogen) atoms. The van der Waals surface area contributed by atoms with E-state index in [1.165, 1.54) is 18.7 Å². The summed E-state index contributed by atoms with van der Waals surface area (Å²) in [4.78, 5) is 12.9. The van der Waals surface area contributed by atoms with Crippen LogP contribution in [0.2, 0.25) is 0 Å². The molecule has 154 valence electrons. The maximum Gasteiger partial charge on any atom is 0.241 e. The lowest BCUT2D eigenvalue weighted by Gasteiger charge is -2.22. The predicted molar refractivity (Wildman–Crippen MR) is 113 cm³/mol. The lowest BCUT2D eigenvalue weighted by Crippen LogP contribution is -2.35.